The lowest BCUT2D eigenvalue weighted by atomic mass is 9.67. The summed E-state index contributed by atoms with van der Waals surface area (Å²) in [5, 5.41) is 14.1. The van der Waals surface area contributed by atoms with E-state index in [2.05, 4.69) is 28.8 Å². The van der Waals surface area contributed by atoms with Gasteiger partial charge in [-0.3, -0.25) is 14.9 Å². The molecule has 1 aliphatic heterocycles. The van der Waals surface area contributed by atoms with Crippen molar-refractivity contribution in [1.29, 1.82) is 0 Å². The first-order valence-corrected chi connectivity index (χ1v) is 11.3. The van der Waals surface area contributed by atoms with E-state index in [1.54, 1.807) is 19.1 Å². The molecule has 1 N–H and O–H groups in total. The molecular weight excluding hydrogens is 368 g/mol. The molecule has 0 aromatic heterocycles. The quantitative estimate of drug-likeness (QED) is 0.588. The maximum Gasteiger partial charge on any atom is 0.274 e. The number of carbonyl (C=O) groups excluding carboxylic acids is 1. The van der Waals surface area contributed by atoms with Crippen LogP contribution in [0.4, 0.5) is 11.4 Å². The molecule has 1 saturated heterocycles. The van der Waals surface area contributed by atoms with Gasteiger partial charge in [-0.1, -0.05) is 12.5 Å². The Hall–Kier alpha value is -1.21. The van der Waals surface area contributed by atoms with Crippen molar-refractivity contribution < 1.29 is 9.72 Å². The van der Waals surface area contributed by atoms with Gasteiger partial charge in [-0.15, -0.1) is 23.5 Å². The van der Waals surface area contributed by atoms with Crippen molar-refractivity contribution in [2.75, 3.05) is 16.8 Å². The van der Waals surface area contributed by atoms with E-state index >= 15 is 0 Å². The van der Waals surface area contributed by atoms with E-state index < -0.39 is 4.92 Å². The summed E-state index contributed by atoms with van der Waals surface area (Å²) in [6.07, 6.45) is 5.66. The van der Waals surface area contributed by atoms with Crippen molar-refractivity contribution >= 4 is 40.8 Å². The largest absolute Gasteiger partial charge is 0.326 e. The lowest BCUT2D eigenvalue weighted by molar-refractivity contribution is -0.385. The third kappa shape index (κ3) is 3.13. The zero-order chi connectivity index (χ0) is 18.3. The van der Waals surface area contributed by atoms with Crippen LogP contribution in [-0.4, -0.2) is 26.4 Å². The highest BCUT2D eigenvalue weighted by molar-refractivity contribution is 8.21. The lowest BCUT2D eigenvalue weighted by Crippen LogP contribution is -2.48. The summed E-state index contributed by atoms with van der Waals surface area (Å²) in [6.45, 7) is 1.71. The summed E-state index contributed by atoms with van der Waals surface area (Å²) in [5.74, 6) is 3.77. The monoisotopic (exact) mass is 392 g/mol. The fourth-order valence-electron chi connectivity index (χ4n) is 4.95. The van der Waals surface area contributed by atoms with Gasteiger partial charge >= 0.3 is 0 Å². The molecular formula is C19H24N2O3S2. The normalized spacial score (nSPS) is 29.5. The second-order valence-corrected chi connectivity index (χ2v) is 10.7. The number of nitro benzene ring substituents is 1. The first kappa shape index (κ1) is 18.2. The molecule has 4 rings (SSSR count). The average molecular weight is 393 g/mol. The van der Waals surface area contributed by atoms with Gasteiger partial charge in [0.05, 0.1) is 9.00 Å². The van der Waals surface area contributed by atoms with Crippen LogP contribution in [0.25, 0.3) is 0 Å². The van der Waals surface area contributed by atoms with Gasteiger partial charge in [0, 0.05) is 34.7 Å². The minimum Gasteiger partial charge on any atom is -0.326 e. The van der Waals surface area contributed by atoms with Crippen molar-refractivity contribution in [3.63, 3.8) is 0 Å². The van der Waals surface area contributed by atoms with E-state index in [1.165, 1.54) is 36.8 Å². The van der Waals surface area contributed by atoms with Crippen LogP contribution in [0.3, 0.4) is 0 Å². The molecule has 2 atom stereocenters. The number of benzene rings is 1. The van der Waals surface area contributed by atoms with E-state index in [1.807, 2.05) is 0 Å². The van der Waals surface area contributed by atoms with Gasteiger partial charge in [0.25, 0.3) is 5.69 Å². The zero-order valence-electron chi connectivity index (χ0n) is 14.9. The smallest absolute Gasteiger partial charge is 0.274 e. The number of thioether (sulfide) groups is 2. The minimum atomic E-state index is -0.395. The first-order chi connectivity index (χ1) is 12.5. The van der Waals surface area contributed by atoms with Crippen LogP contribution in [0.2, 0.25) is 0 Å². The summed E-state index contributed by atoms with van der Waals surface area (Å²) in [5.41, 5.74) is 1.20. The molecule has 2 saturated carbocycles. The highest BCUT2D eigenvalue weighted by atomic mass is 32.2. The number of anilines is 1. The second-order valence-electron chi connectivity index (χ2n) is 7.66. The maximum absolute atomic E-state index is 12.9. The third-order valence-corrected chi connectivity index (χ3v) is 10.2. The van der Waals surface area contributed by atoms with Gasteiger partial charge in [-0.2, -0.15) is 0 Å². The molecule has 1 aromatic carbocycles. The Labute approximate surface area is 162 Å². The first-order valence-electron chi connectivity index (χ1n) is 9.33. The molecule has 2 unspecified atom stereocenters. The van der Waals surface area contributed by atoms with E-state index in [9.17, 15) is 14.9 Å². The molecule has 2 aliphatic carbocycles. The number of rotatable bonds is 3. The van der Waals surface area contributed by atoms with Crippen molar-refractivity contribution in [3.8, 4) is 0 Å². The van der Waals surface area contributed by atoms with E-state index in [4.69, 9.17) is 0 Å². The summed E-state index contributed by atoms with van der Waals surface area (Å²) in [4.78, 5) is 23.6. The fraction of sp³-hybridized carbons (Fsp3) is 0.632. The van der Waals surface area contributed by atoms with Crippen LogP contribution in [-0.2, 0) is 4.79 Å². The number of hydrogen-bond donors (Lipinski definition) is 1. The fourth-order valence-corrected chi connectivity index (χ4v) is 8.89. The van der Waals surface area contributed by atoms with Gasteiger partial charge in [0.15, 0.2) is 0 Å². The number of nitrogens with one attached hydrogen (secondary N) is 1. The van der Waals surface area contributed by atoms with E-state index in [-0.39, 0.29) is 17.5 Å². The Bertz CT molecular complexity index is 717. The number of amides is 1. The SMILES string of the molecule is Cc1ccc(NC(=O)C2CC3CCCC(C2)C32SCCS2)cc1[N+](=O)[O-]. The molecule has 3 fully saturated rings. The molecule has 1 aromatic rings. The van der Waals surface area contributed by atoms with Crippen molar-refractivity contribution in [2.24, 2.45) is 17.8 Å². The van der Waals surface area contributed by atoms with Gasteiger partial charge < -0.3 is 5.32 Å². The Morgan fingerprint density at radius 2 is 1.88 bits per heavy atom. The zero-order valence-corrected chi connectivity index (χ0v) is 16.5. The summed E-state index contributed by atoms with van der Waals surface area (Å²) < 4.78 is 0.359. The number of carbonyl (C=O) groups is 1. The average Bonchev–Trinajstić information content (AvgIpc) is 3.05. The lowest BCUT2D eigenvalue weighted by Gasteiger charge is -2.52. The Morgan fingerprint density at radius 1 is 1.23 bits per heavy atom. The Morgan fingerprint density at radius 3 is 2.50 bits per heavy atom. The molecule has 3 aliphatic rings. The maximum atomic E-state index is 12.9. The second kappa shape index (κ2) is 7.08. The standard InChI is InChI=1S/C19H24N2O3S2/c1-12-5-6-16(11-17(12)21(23)24)20-18(22)13-9-14-3-2-4-15(10-13)19(14)25-7-8-26-19/h5-6,11,13-15H,2-4,7-10H2,1H3,(H,20,22). The Balaban J connectivity index is 1.48. The molecule has 5 nitrogen and oxygen atoms in total. The number of nitro groups is 1. The Kier molecular flexibility index (Phi) is 4.94. The van der Waals surface area contributed by atoms with Crippen molar-refractivity contribution in [1.82, 2.24) is 0 Å². The predicted molar refractivity (Wildman–Crippen MR) is 108 cm³/mol. The van der Waals surface area contributed by atoms with Crippen molar-refractivity contribution in [3.05, 3.63) is 33.9 Å². The summed E-state index contributed by atoms with van der Waals surface area (Å²) in [6, 6.07) is 4.93. The molecule has 7 heteroatoms. The summed E-state index contributed by atoms with van der Waals surface area (Å²) >= 11 is 4.28. The van der Waals surface area contributed by atoms with E-state index in [0.29, 0.717) is 27.2 Å². The molecule has 2 bridgehead atoms. The van der Waals surface area contributed by atoms with Crippen LogP contribution in [0.15, 0.2) is 18.2 Å². The topological polar surface area (TPSA) is 72.2 Å². The van der Waals surface area contributed by atoms with Gasteiger partial charge in [0.1, 0.15) is 0 Å². The molecule has 26 heavy (non-hydrogen) atoms. The molecule has 1 heterocycles. The minimum absolute atomic E-state index is 0.0260. The van der Waals surface area contributed by atoms with E-state index in [0.717, 1.165) is 12.8 Å². The molecule has 1 amide bonds. The number of nitrogens with zero attached hydrogens (tertiary/aromatic N) is 1. The van der Waals surface area contributed by atoms with Gasteiger partial charge in [-0.25, -0.2) is 0 Å². The number of aryl methyl sites for hydroxylation is 1. The highest BCUT2D eigenvalue weighted by Gasteiger charge is 2.55. The molecule has 140 valence electrons. The van der Waals surface area contributed by atoms with Crippen LogP contribution in [0.5, 0.6) is 0 Å². The predicted octanol–water partition coefficient (Wildman–Crippen LogP) is 4.84. The number of hydrogen-bond acceptors (Lipinski definition) is 5. The van der Waals surface area contributed by atoms with Crippen LogP contribution in [0, 0.1) is 34.8 Å². The van der Waals surface area contributed by atoms with Gasteiger partial charge in [0.2, 0.25) is 5.91 Å². The van der Waals surface area contributed by atoms with Crippen LogP contribution < -0.4 is 5.32 Å². The third-order valence-electron chi connectivity index (χ3n) is 6.16. The van der Waals surface area contributed by atoms with Crippen molar-refractivity contribution in [2.45, 2.75) is 43.1 Å². The van der Waals surface area contributed by atoms with Gasteiger partial charge in [-0.05, 0) is 50.5 Å². The molecule has 0 radical (unpaired) electrons. The summed E-state index contributed by atoms with van der Waals surface area (Å²) in [7, 11) is 0. The highest BCUT2D eigenvalue weighted by Crippen LogP contribution is 2.64. The molecule has 1 spiro atoms. The van der Waals surface area contributed by atoms with Crippen LogP contribution in [0.1, 0.15) is 37.7 Å². The van der Waals surface area contributed by atoms with Crippen LogP contribution >= 0.6 is 23.5 Å².